The molecule has 0 radical (unpaired) electrons. The smallest absolute Gasteiger partial charge is 0.323 e. The third-order valence-corrected chi connectivity index (χ3v) is 3.49. The molecule has 0 aromatic heterocycles. The Balaban J connectivity index is 1.95. The van der Waals surface area contributed by atoms with Crippen molar-refractivity contribution in [2.45, 2.75) is 19.4 Å². The molecule has 1 atom stereocenters. The van der Waals surface area contributed by atoms with Gasteiger partial charge in [0.15, 0.2) is 0 Å². The van der Waals surface area contributed by atoms with Crippen molar-refractivity contribution >= 4 is 17.6 Å². The molecule has 2 N–H and O–H groups in total. The zero-order valence-electron chi connectivity index (χ0n) is 12.0. The highest BCUT2D eigenvalue weighted by molar-refractivity contribution is 5.92. The third kappa shape index (κ3) is 4.27. The Morgan fingerprint density at radius 3 is 3.00 bits per heavy atom. The molecule has 21 heavy (non-hydrogen) atoms. The molecule has 1 fully saturated rings. The molecule has 114 valence electrons. The molecular formula is C15H20N2O4. The zero-order valence-corrected chi connectivity index (χ0v) is 12.0. The van der Waals surface area contributed by atoms with Gasteiger partial charge in [0.25, 0.3) is 0 Å². The van der Waals surface area contributed by atoms with Gasteiger partial charge in [-0.2, -0.15) is 0 Å². The first-order chi connectivity index (χ1) is 10.1. The molecule has 1 aliphatic rings. The van der Waals surface area contributed by atoms with Crippen LogP contribution in [0.25, 0.3) is 0 Å². The lowest BCUT2D eigenvalue weighted by molar-refractivity contribution is -0.150. The minimum atomic E-state index is -0.963. The molecular weight excluding hydrogens is 272 g/mol. The second kappa shape index (κ2) is 7.19. The quantitative estimate of drug-likeness (QED) is 0.845. The number of carboxylic acids is 1. The minimum Gasteiger partial charge on any atom is -0.480 e. The molecule has 6 heteroatoms. The Morgan fingerprint density at radius 1 is 1.48 bits per heavy atom. The number of rotatable bonds is 5. The summed E-state index contributed by atoms with van der Waals surface area (Å²) in [6.07, 6.45) is 0.897. The van der Waals surface area contributed by atoms with Crippen molar-refractivity contribution in [3.8, 4) is 0 Å². The number of aliphatic carboxylic acids is 1. The van der Waals surface area contributed by atoms with E-state index in [-0.39, 0.29) is 19.1 Å². The number of aryl methyl sites for hydroxylation is 1. The predicted octanol–water partition coefficient (Wildman–Crippen LogP) is 0.973. The van der Waals surface area contributed by atoms with Crippen LogP contribution in [0.3, 0.4) is 0 Å². The molecule has 0 spiro atoms. The summed E-state index contributed by atoms with van der Waals surface area (Å²) in [6, 6.07) is 6.88. The van der Waals surface area contributed by atoms with Gasteiger partial charge in [-0.15, -0.1) is 0 Å². The number of carbonyl (C=O) groups excluding carboxylic acids is 1. The van der Waals surface area contributed by atoms with Crippen LogP contribution in [0.15, 0.2) is 24.3 Å². The Morgan fingerprint density at radius 2 is 2.29 bits per heavy atom. The first kappa shape index (κ1) is 15.5. The van der Waals surface area contributed by atoms with Crippen LogP contribution >= 0.6 is 0 Å². The Bertz CT molecular complexity index is 518. The average Bonchev–Trinajstić information content (AvgIpc) is 2.47. The first-order valence-corrected chi connectivity index (χ1v) is 7.03. The summed E-state index contributed by atoms with van der Waals surface area (Å²) in [5.74, 6) is -1.17. The predicted molar refractivity (Wildman–Crippen MR) is 78.3 cm³/mol. The zero-order chi connectivity index (χ0) is 15.2. The number of amides is 1. The fourth-order valence-corrected chi connectivity index (χ4v) is 2.31. The lowest BCUT2D eigenvalue weighted by Crippen LogP contribution is -2.52. The number of carbonyl (C=O) groups is 2. The van der Waals surface area contributed by atoms with E-state index in [0.29, 0.717) is 13.2 Å². The van der Waals surface area contributed by atoms with Crippen LogP contribution in [-0.4, -0.2) is 54.2 Å². The van der Waals surface area contributed by atoms with E-state index in [1.54, 1.807) is 4.90 Å². The van der Waals surface area contributed by atoms with Crippen LogP contribution < -0.4 is 5.32 Å². The fourth-order valence-electron chi connectivity index (χ4n) is 2.31. The van der Waals surface area contributed by atoms with Gasteiger partial charge in [0.05, 0.1) is 19.8 Å². The maximum Gasteiger partial charge on any atom is 0.323 e. The van der Waals surface area contributed by atoms with E-state index in [1.807, 2.05) is 31.2 Å². The van der Waals surface area contributed by atoms with E-state index in [2.05, 4.69) is 5.32 Å². The van der Waals surface area contributed by atoms with Gasteiger partial charge in [-0.1, -0.05) is 19.1 Å². The molecule has 1 aromatic rings. The van der Waals surface area contributed by atoms with Crippen molar-refractivity contribution in [1.29, 1.82) is 0 Å². The van der Waals surface area contributed by atoms with Gasteiger partial charge in [0, 0.05) is 12.2 Å². The number of hydrogen-bond donors (Lipinski definition) is 2. The van der Waals surface area contributed by atoms with Crippen molar-refractivity contribution in [2.24, 2.45) is 0 Å². The largest absolute Gasteiger partial charge is 0.480 e. The summed E-state index contributed by atoms with van der Waals surface area (Å²) in [5, 5.41) is 11.9. The molecule has 1 aliphatic heterocycles. The monoisotopic (exact) mass is 292 g/mol. The van der Waals surface area contributed by atoms with E-state index in [1.165, 1.54) is 0 Å². The van der Waals surface area contributed by atoms with E-state index in [4.69, 9.17) is 9.84 Å². The number of ether oxygens (including phenoxy) is 1. The SMILES string of the molecule is CCc1cccc(NC(=O)CN2CCOCC2C(=O)O)c1. The van der Waals surface area contributed by atoms with Crippen LogP contribution in [0, 0.1) is 0 Å². The average molecular weight is 292 g/mol. The van der Waals surface area contributed by atoms with Crippen molar-refractivity contribution in [2.75, 3.05) is 31.6 Å². The molecule has 1 aromatic carbocycles. The maximum absolute atomic E-state index is 12.1. The van der Waals surface area contributed by atoms with E-state index in [0.717, 1.165) is 17.7 Å². The molecule has 0 aliphatic carbocycles. The Kier molecular flexibility index (Phi) is 5.30. The summed E-state index contributed by atoms with van der Waals surface area (Å²) < 4.78 is 5.15. The standard InChI is InChI=1S/C15H20N2O4/c1-2-11-4-3-5-12(8-11)16-14(18)9-17-6-7-21-10-13(17)15(19)20/h3-5,8,13H,2,6-7,9-10H2,1H3,(H,16,18)(H,19,20). The third-order valence-electron chi connectivity index (χ3n) is 3.49. The van der Waals surface area contributed by atoms with Gasteiger partial charge >= 0.3 is 5.97 Å². The molecule has 6 nitrogen and oxygen atoms in total. The summed E-state index contributed by atoms with van der Waals surface area (Å²) in [4.78, 5) is 24.8. The second-order valence-corrected chi connectivity index (χ2v) is 5.00. The van der Waals surface area contributed by atoms with Crippen LogP contribution in [0.2, 0.25) is 0 Å². The summed E-state index contributed by atoms with van der Waals surface area (Å²) in [5.41, 5.74) is 1.88. The van der Waals surface area contributed by atoms with E-state index >= 15 is 0 Å². The summed E-state index contributed by atoms with van der Waals surface area (Å²) in [7, 11) is 0. The minimum absolute atomic E-state index is 0.0523. The fraction of sp³-hybridized carbons (Fsp3) is 0.467. The van der Waals surface area contributed by atoms with Gasteiger partial charge in [0.2, 0.25) is 5.91 Å². The van der Waals surface area contributed by atoms with Gasteiger partial charge in [0.1, 0.15) is 6.04 Å². The molecule has 1 unspecified atom stereocenters. The van der Waals surface area contributed by atoms with E-state index in [9.17, 15) is 9.59 Å². The summed E-state index contributed by atoms with van der Waals surface area (Å²) in [6.45, 7) is 3.11. The molecule has 1 saturated heterocycles. The summed E-state index contributed by atoms with van der Waals surface area (Å²) >= 11 is 0. The van der Waals surface area contributed by atoms with Crippen molar-refractivity contribution in [3.05, 3.63) is 29.8 Å². The van der Waals surface area contributed by atoms with Gasteiger partial charge in [-0.25, -0.2) is 0 Å². The lowest BCUT2D eigenvalue weighted by atomic mass is 10.1. The number of morpholine rings is 1. The van der Waals surface area contributed by atoms with Gasteiger partial charge in [-0.3, -0.25) is 14.5 Å². The van der Waals surface area contributed by atoms with Crippen molar-refractivity contribution < 1.29 is 19.4 Å². The highest BCUT2D eigenvalue weighted by Crippen LogP contribution is 2.12. The van der Waals surface area contributed by atoms with Gasteiger partial charge in [-0.05, 0) is 24.1 Å². The number of nitrogens with zero attached hydrogens (tertiary/aromatic N) is 1. The molecule has 0 bridgehead atoms. The molecule has 2 rings (SSSR count). The Hall–Kier alpha value is -1.92. The highest BCUT2D eigenvalue weighted by Gasteiger charge is 2.30. The van der Waals surface area contributed by atoms with Crippen molar-refractivity contribution in [3.63, 3.8) is 0 Å². The first-order valence-electron chi connectivity index (χ1n) is 7.03. The van der Waals surface area contributed by atoms with Crippen molar-refractivity contribution in [1.82, 2.24) is 4.90 Å². The number of nitrogens with one attached hydrogen (secondary N) is 1. The van der Waals surface area contributed by atoms with Crippen LogP contribution in [0.4, 0.5) is 5.69 Å². The van der Waals surface area contributed by atoms with E-state index < -0.39 is 12.0 Å². The molecule has 1 amide bonds. The number of hydrogen-bond acceptors (Lipinski definition) is 4. The topological polar surface area (TPSA) is 78.9 Å². The lowest BCUT2D eigenvalue weighted by Gasteiger charge is -2.32. The number of anilines is 1. The highest BCUT2D eigenvalue weighted by atomic mass is 16.5. The number of benzene rings is 1. The molecule has 0 saturated carbocycles. The van der Waals surface area contributed by atoms with Crippen LogP contribution in [0.5, 0.6) is 0 Å². The number of carboxylic acid groups (broad SMARTS) is 1. The second-order valence-electron chi connectivity index (χ2n) is 5.00. The van der Waals surface area contributed by atoms with Crippen LogP contribution in [-0.2, 0) is 20.7 Å². The maximum atomic E-state index is 12.1. The molecule has 1 heterocycles. The van der Waals surface area contributed by atoms with Gasteiger partial charge < -0.3 is 15.2 Å². The van der Waals surface area contributed by atoms with Crippen LogP contribution in [0.1, 0.15) is 12.5 Å². The Labute approximate surface area is 123 Å². The normalized spacial score (nSPS) is 19.2.